The Morgan fingerprint density at radius 1 is 1.47 bits per heavy atom. The van der Waals surface area contributed by atoms with Crippen molar-refractivity contribution in [1.29, 1.82) is 0 Å². The Kier molecular flexibility index (Phi) is 2.50. The number of H-pyrrole nitrogens is 1. The normalized spacial score (nSPS) is 15.4. The van der Waals surface area contributed by atoms with Crippen LogP contribution >= 0.6 is 0 Å². The molecule has 17 heavy (non-hydrogen) atoms. The van der Waals surface area contributed by atoms with Gasteiger partial charge in [0, 0.05) is 12.0 Å². The Balaban J connectivity index is 2.06. The number of aromatic nitrogens is 3. The molecule has 1 unspecified atom stereocenters. The lowest BCUT2D eigenvalue weighted by atomic mass is 10.0. The van der Waals surface area contributed by atoms with Gasteiger partial charge in [-0.25, -0.2) is 5.43 Å². The van der Waals surface area contributed by atoms with E-state index in [1.807, 2.05) is 12.1 Å². The van der Waals surface area contributed by atoms with Crippen molar-refractivity contribution in [3.63, 3.8) is 0 Å². The van der Waals surface area contributed by atoms with Crippen molar-refractivity contribution in [1.82, 2.24) is 20.8 Å². The first kappa shape index (κ1) is 10.2. The molecule has 1 aliphatic heterocycles. The van der Waals surface area contributed by atoms with E-state index in [1.165, 1.54) is 5.56 Å². The van der Waals surface area contributed by atoms with E-state index in [0.717, 1.165) is 30.0 Å². The number of nitrogens with two attached hydrogens (primary N) is 1. The molecule has 6 heteroatoms. The number of benzene rings is 1. The minimum atomic E-state index is -0.207. The van der Waals surface area contributed by atoms with Gasteiger partial charge in [-0.05, 0) is 5.56 Å². The smallest absolute Gasteiger partial charge is 0.127 e. The summed E-state index contributed by atoms with van der Waals surface area (Å²) in [7, 11) is 0. The van der Waals surface area contributed by atoms with Gasteiger partial charge in [-0.1, -0.05) is 18.2 Å². The number of ether oxygens (including phenoxy) is 1. The van der Waals surface area contributed by atoms with Crippen molar-refractivity contribution in [2.45, 2.75) is 12.5 Å². The van der Waals surface area contributed by atoms with Gasteiger partial charge in [0.25, 0.3) is 0 Å². The third kappa shape index (κ3) is 1.67. The molecular weight excluding hydrogens is 218 g/mol. The fourth-order valence-electron chi connectivity index (χ4n) is 2.15. The summed E-state index contributed by atoms with van der Waals surface area (Å²) >= 11 is 0. The maximum atomic E-state index is 5.66. The molecule has 0 radical (unpaired) electrons. The van der Waals surface area contributed by atoms with Crippen LogP contribution in [0, 0.1) is 0 Å². The van der Waals surface area contributed by atoms with Crippen LogP contribution in [0.1, 0.15) is 22.9 Å². The van der Waals surface area contributed by atoms with Crippen LogP contribution in [0.25, 0.3) is 0 Å². The standard InChI is InChI=1S/C11H13N5O/c12-14-10(9-6-13-16-15-9)8-3-1-2-7-4-5-17-11(7)8/h1-3,6,10,14H,4-5,12H2,(H,13,15,16). The quantitative estimate of drug-likeness (QED) is 0.522. The largest absolute Gasteiger partial charge is 0.493 e. The van der Waals surface area contributed by atoms with E-state index in [4.69, 9.17) is 10.6 Å². The number of fused-ring (bicyclic) bond motifs is 1. The molecule has 88 valence electrons. The molecule has 2 heterocycles. The van der Waals surface area contributed by atoms with E-state index in [2.05, 4.69) is 26.9 Å². The number of nitrogens with one attached hydrogen (secondary N) is 2. The van der Waals surface area contributed by atoms with Gasteiger partial charge in [0.2, 0.25) is 0 Å². The molecule has 4 N–H and O–H groups in total. The Hall–Kier alpha value is -1.92. The predicted molar refractivity (Wildman–Crippen MR) is 61.2 cm³/mol. The molecular formula is C11H13N5O. The fraction of sp³-hybridized carbons (Fsp3) is 0.273. The minimum Gasteiger partial charge on any atom is -0.493 e. The fourth-order valence-corrected chi connectivity index (χ4v) is 2.15. The van der Waals surface area contributed by atoms with Gasteiger partial charge in [0.15, 0.2) is 0 Å². The lowest BCUT2D eigenvalue weighted by Gasteiger charge is -2.16. The zero-order chi connectivity index (χ0) is 11.7. The molecule has 0 spiro atoms. The van der Waals surface area contributed by atoms with Crippen molar-refractivity contribution in [3.8, 4) is 5.75 Å². The van der Waals surface area contributed by atoms with Crippen LogP contribution in [0.4, 0.5) is 0 Å². The number of hydrogen-bond acceptors (Lipinski definition) is 5. The van der Waals surface area contributed by atoms with E-state index in [0.29, 0.717) is 0 Å². The third-order valence-electron chi connectivity index (χ3n) is 2.95. The van der Waals surface area contributed by atoms with Crippen LogP contribution in [0.2, 0.25) is 0 Å². The molecule has 1 aromatic carbocycles. The first-order valence-corrected chi connectivity index (χ1v) is 5.46. The van der Waals surface area contributed by atoms with Gasteiger partial charge in [0.05, 0.1) is 18.8 Å². The van der Waals surface area contributed by atoms with Crippen LogP contribution in [-0.2, 0) is 6.42 Å². The monoisotopic (exact) mass is 231 g/mol. The molecule has 1 atom stereocenters. The maximum Gasteiger partial charge on any atom is 0.127 e. The molecule has 0 bridgehead atoms. The summed E-state index contributed by atoms with van der Waals surface area (Å²) in [4.78, 5) is 0. The highest BCUT2D eigenvalue weighted by Crippen LogP contribution is 2.34. The summed E-state index contributed by atoms with van der Waals surface area (Å²) < 4.78 is 5.66. The molecule has 0 fully saturated rings. The molecule has 3 rings (SSSR count). The zero-order valence-electron chi connectivity index (χ0n) is 9.18. The summed E-state index contributed by atoms with van der Waals surface area (Å²) in [6.45, 7) is 0.725. The molecule has 1 aromatic heterocycles. The van der Waals surface area contributed by atoms with E-state index in [9.17, 15) is 0 Å². The highest BCUT2D eigenvalue weighted by molar-refractivity contribution is 5.47. The maximum absolute atomic E-state index is 5.66. The zero-order valence-corrected chi connectivity index (χ0v) is 9.18. The molecule has 2 aromatic rings. The van der Waals surface area contributed by atoms with Crippen molar-refractivity contribution >= 4 is 0 Å². The minimum absolute atomic E-state index is 0.207. The predicted octanol–water partition coefficient (Wildman–Crippen LogP) is 0.292. The summed E-state index contributed by atoms with van der Waals surface area (Å²) in [5, 5.41) is 10.4. The van der Waals surface area contributed by atoms with Crippen LogP contribution < -0.4 is 16.0 Å². The first-order chi connectivity index (χ1) is 8.40. The first-order valence-electron chi connectivity index (χ1n) is 5.46. The molecule has 6 nitrogen and oxygen atoms in total. The molecule has 0 saturated carbocycles. The second-order valence-electron chi connectivity index (χ2n) is 3.93. The molecule has 0 aliphatic carbocycles. The van der Waals surface area contributed by atoms with Gasteiger partial charge in [-0.2, -0.15) is 15.4 Å². The summed E-state index contributed by atoms with van der Waals surface area (Å²) in [5.74, 6) is 6.52. The number of para-hydroxylation sites is 1. The van der Waals surface area contributed by atoms with Crippen LogP contribution in [0.3, 0.4) is 0 Å². The van der Waals surface area contributed by atoms with Gasteiger partial charge in [-0.15, -0.1) is 0 Å². The SMILES string of the molecule is NNC(c1cn[nH]n1)c1cccc2c1OCC2. The Labute approximate surface area is 98.1 Å². The van der Waals surface area contributed by atoms with Gasteiger partial charge < -0.3 is 4.74 Å². The van der Waals surface area contributed by atoms with Crippen molar-refractivity contribution in [3.05, 3.63) is 41.2 Å². The van der Waals surface area contributed by atoms with E-state index in [1.54, 1.807) is 6.20 Å². The van der Waals surface area contributed by atoms with Crippen LogP contribution in [0.5, 0.6) is 5.75 Å². The summed E-state index contributed by atoms with van der Waals surface area (Å²) in [5.41, 5.74) is 5.71. The van der Waals surface area contributed by atoms with E-state index >= 15 is 0 Å². The number of hydrogen-bond donors (Lipinski definition) is 3. The average Bonchev–Trinajstić information content (AvgIpc) is 3.00. The number of nitrogens with zero attached hydrogens (tertiary/aromatic N) is 2. The second-order valence-corrected chi connectivity index (χ2v) is 3.93. The van der Waals surface area contributed by atoms with Gasteiger partial charge in [0.1, 0.15) is 11.4 Å². The van der Waals surface area contributed by atoms with Gasteiger partial charge >= 0.3 is 0 Å². The second kappa shape index (κ2) is 4.15. The third-order valence-corrected chi connectivity index (χ3v) is 2.95. The summed E-state index contributed by atoms with van der Waals surface area (Å²) in [6, 6.07) is 5.86. The number of rotatable bonds is 3. The Morgan fingerprint density at radius 3 is 3.18 bits per heavy atom. The number of hydrazine groups is 1. The molecule has 1 aliphatic rings. The van der Waals surface area contributed by atoms with Crippen molar-refractivity contribution < 1.29 is 4.74 Å². The number of aromatic amines is 1. The molecule has 0 saturated heterocycles. The highest BCUT2D eigenvalue weighted by Gasteiger charge is 2.23. The van der Waals surface area contributed by atoms with Crippen LogP contribution in [0.15, 0.2) is 24.4 Å². The Morgan fingerprint density at radius 2 is 2.41 bits per heavy atom. The lowest BCUT2D eigenvalue weighted by Crippen LogP contribution is -2.29. The highest BCUT2D eigenvalue weighted by atomic mass is 16.5. The Bertz CT molecular complexity index is 511. The van der Waals surface area contributed by atoms with Crippen molar-refractivity contribution in [2.75, 3.05) is 6.61 Å². The van der Waals surface area contributed by atoms with E-state index in [-0.39, 0.29) is 6.04 Å². The average molecular weight is 231 g/mol. The van der Waals surface area contributed by atoms with Crippen molar-refractivity contribution in [2.24, 2.45) is 5.84 Å². The van der Waals surface area contributed by atoms with Gasteiger partial charge in [-0.3, -0.25) is 5.84 Å². The summed E-state index contributed by atoms with van der Waals surface area (Å²) in [6.07, 6.45) is 2.60. The topological polar surface area (TPSA) is 88.8 Å². The van der Waals surface area contributed by atoms with Crippen LogP contribution in [-0.4, -0.2) is 22.0 Å². The lowest BCUT2D eigenvalue weighted by molar-refractivity contribution is 0.350. The molecule has 0 amide bonds. The van der Waals surface area contributed by atoms with E-state index < -0.39 is 0 Å².